The van der Waals surface area contributed by atoms with E-state index in [9.17, 15) is 136 Å². The number of nitrogens with one attached hydrogen (secondary N) is 5. The van der Waals surface area contributed by atoms with Gasteiger partial charge in [-0.05, 0) is 0 Å². The molecule has 0 aromatic heterocycles. The molecule has 0 saturated carbocycles. The van der Waals surface area contributed by atoms with Crippen LogP contribution in [0.2, 0.25) is 0 Å². The van der Waals surface area contributed by atoms with Crippen LogP contribution in [0.15, 0.2) is 0 Å². The molecule has 7 fully saturated rings. The minimum Gasteiger partial charge on any atom is -0.394 e. The van der Waals surface area contributed by atoms with E-state index in [2.05, 4.69) is 26.6 Å². The first-order valence-corrected chi connectivity index (χ1v) is 33.0. The third-order valence-electron chi connectivity index (χ3n) is 18.3. The molecule has 7 saturated heterocycles. The molecule has 0 aromatic carbocycles. The Hall–Kier alpha value is -4.09. The highest BCUT2D eigenvalue weighted by molar-refractivity contribution is 5.75. The highest BCUT2D eigenvalue weighted by atomic mass is 16.8. The maximum Gasteiger partial charge on any atom is 0.217 e. The van der Waals surface area contributed by atoms with Gasteiger partial charge in [-0.3, -0.25) is 24.0 Å². The Labute approximate surface area is 590 Å². The fraction of sp³-hybridized carbons (Fsp3) is 0.914. The molecule has 0 radical (unpaired) electrons. The van der Waals surface area contributed by atoms with Gasteiger partial charge < -0.3 is 205 Å². The maximum atomic E-state index is 13.0. The Morgan fingerprint density at radius 3 is 1.02 bits per heavy atom. The zero-order valence-electron chi connectivity index (χ0n) is 56.5. The van der Waals surface area contributed by atoms with Gasteiger partial charge in [0.05, 0.1) is 65.5 Å². The van der Waals surface area contributed by atoms with Crippen LogP contribution < -0.4 is 26.6 Å². The van der Waals surface area contributed by atoms with Crippen LogP contribution in [-0.4, -0.2) is 440 Å². The zero-order chi connectivity index (χ0) is 77.2. The van der Waals surface area contributed by atoms with E-state index >= 15 is 0 Å². The predicted molar refractivity (Wildman–Crippen MR) is 325 cm³/mol. The first kappa shape index (κ1) is 87.1. The second-order valence-corrected chi connectivity index (χ2v) is 25.9. The number of carbonyl (C=O) groups excluding carboxylic acids is 5. The summed E-state index contributed by atoms with van der Waals surface area (Å²) in [5.41, 5.74) is 0. The Morgan fingerprint density at radius 1 is 0.327 bits per heavy atom. The third-order valence-corrected chi connectivity index (χ3v) is 18.3. The van der Waals surface area contributed by atoms with Crippen molar-refractivity contribution in [1.82, 2.24) is 26.6 Å². The van der Waals surface area contributed by atoms with Crippen molar-refractivity contribution in [3.63, 3.8) is 0 Å². The topological polar surface area (TPSA) is 720 Å². The molecule has 104 heavy (non-hydrogen) atoms. The summed E-state index contributed by atoms with van der Waals surface area (Å²) in [6, 6.07) is -8.87. The van der Waals surface area contributed by atoms with E-state index in [4.69, 9.17) is 66.3 Å². The fourth-order valence-corrected chi connectivity index (χ4v) is 13.0. The van der Waals surface area contributed by atoms with E-state index in [1.165, 1.54) is 0 Å². The summed E-state index contributed by atoms with van der Waals surface area (Å²) in [6.07, 6.45) is -71.5. The molecule has 0 aromatic rings. The molecule has 5 amide bonds. The SMILES string of the molecule is CC(=O)N[C@@H](CO)[C@@H](O)[C@H](OC1O[C@H](CO)[C@@H](OC2O[C@H](COC3O[C@H](CO)[C@@H](OC4O[C@H](CO)[C@@H](O)[C@H](O)[C@H]4NC(C)=O)[C@H](O)[C@@H]3O)[C@@H](OC3O[C@H](CO)[C@@H](O)[C@H](O)[C@H]3NC(C)=O)[C@H](OC3O[C@H](CO)[C@@H](OC4O[C@H](CO)[C@@H](O)[C@H](O)[C@H]4NC(C)=O)[C@H](O)[C@@H]3O)[C@@H]2O)[C@H](O)[C@H]1NC(C)=O)[C@H](O)CO. The predicted octanol–water partition coefficient (Wildman–Crippen LogP) is -18.1. The third kappa shape index (κ3) is 20.3. The average Bonchev–Trinajstić information content (AvgIpc) is 0.766. The van der Waals surface area contributed by atoms with Crippen molar-refractivity contribution < 1.29 is 203 Å². The van der Waals surface area contributed by atoms with E-state index in [0.717, 1.165) is 34.6 Å². The van der Waals surface area contributed by atoms with Crippen molar-refractivity contribution in [3.05, 3.63) is 0 Å². The standard InChI is InChI=1S/C58H99N5O41/c1-15(72)59-20(6-64)33(78)46(21(77)7-65)99-55-32(63-19(5)76)40(85)47(25(11-69)95-55)102-58-45(90)51(104-57-44(89)42(87)49(27(13-71)97-57)101-53-30(61-17(3)74)38(83)35(80)23(9-67)93-53)50(103-54-31(62-18(4)75)39(84)36(81)24(10-68)94-54)28(98-58)14-91-56-43(88)41(86)48(26(12-70)96-56)100-52-29(60-16(2)73)37(82)34(79)22(8-66)92-52/h20-58,64-71,77-90H,6-14H2,1-5H3,(H,59,72)(H,60,73)(H,61,74)(H,62,75)(H,63,76)/t20-,21+,22+,23+,24+,25+,26+,27+,28+,29+,30+,31+,32+,33+,34+,35+,36+,37+,38+,39+,40+,41+,42+,43-,44-,45-,46+,47+,48+,49+,50+,51+,52?,53?,54?,55?,56?,57?,58?/m0/s1. The smallest absolute Gasteiger partial charge is 0.217 e. The van der Waals surface area contributed by atoms with Gasteiger partial charge in [0, 0.05) is 34.6 Å². The number of hydrogen-bond acceptors (Lipinski definition) is 41. The van der Waals surface area contributed by atoms with Crippen LogP contribution in [-0.2, 0) is 90.3 Å². The second kappa shape index (κ2) is 39.0. The molecule has 27 N–H and O–H groups in total. The van der Waals surface area contributed by atoms with E-state index in [-0.39, 0.29) is 0 Å². The molecule has 7 aliphatic heterocycles. The monoisotopic (exact) mass is 1520 g/mol. The van der Waals surface area contributed by atoms with Crippen LogP contribution in [0, 0.1) is 0 Å². The second-order valence-electron chi connectivity index (χ2n) is 25.9. The molecule has 0 bridgehead atoms. The van der Waals surface area contributed by atoms with Gasteiger partial charge in [-0.2, -0.15) is 0 Å². The van der Waals surface area contributed by atoms with E-state index in [1.807, 2.05) is 0 Å². The van der Waals surface area contributed by atoms with Crippen LogP contribution in [0.3, 0.4) is 0 Å². The van der Waals surface area contributed by atoms with E-state index in [0.29, 0.717) is 0 Å². The van der Waals surface area contributed by atoms with Gasteiger partial charge in [0.25, 0.3) is 0 Å². The molecule has 7 rings (SSSR count). The van der Waals surface area contributed by atoms with Crippen LogP contribution in [0.5, 0.6) is 0 Å². The summed E-state index contributed by atoms with van der Waals surface area (Å²) in [4.78, 5) is 62.4. The van der Waals surface area contributed by atoms with Crippen molar-refractivity contribution in [3.8, 4) is 0 Å². The lowest BCUT2D eigenvalue weighted by molar-refractivity contribution is -0.402. The van der Waals surface area contributed by atoms with Crippen molar-refractivity contribution in [1.29, 1.82) is 0 Å². The Morgan fingerprint density at radius 2 is 0.644 bits per heavy atom. The molecular formula is C58H99N5O41. The summed E-state index contributed by atoms with van der Waals surface area (Å²) < 4.78 is 84.0. The van der Waals surface area contributed by atoms with Crippen molar-refractivity contribution in [2.45, 2.75) is 274 Å². The molecule has 46 nitrogen and oxygen atoms in total. The highest BCUT2D eigenvalue weighted by Gasteiger charge is 2.60. The van der Waals surface area contributed by atoms with Gasteiger partial charge >= 0.3 is 0 Å². The molecule has 0 aliphatic carbocycles. The van der Waals surface area contributed by atoms with Crippen molar-refractivity contribution in [2.75, 3.05) is 59.5 Å². The number of ether oxygens (including phenoxy) is 14. The normalized spacial score (nSPS) is 44.0. The highest BCUT2D eigenvalue weighted by Crippen LogP contribution is 2.39. The number of rotatable bonds is 31. The largest absolute Gasteiger partial charge is 0.394 e. The summed E-state index contributed by atoms with van der Waals surface area (Å²) in [6.45, 7) is -5.08. The zero-order valence-corrected chi connectivity index (χ0v) is 56.5. The first-order chi connectivity index (χ1) is 49.1. The van der Waals surface area contributed by atoms with Crippen LogP contribution in [0.4, 0.5) is 0 Å². The molecular weight excluding hydrogens is 1420 g/mol. The molecule has 7 heterocycles. The Balaban J connectivity index is 1.31. The van der Waals surface area contributed by atoms with Gasteiger partial charge in [-0.15, -0.1) is 0 Å². The van der Waals surface area contributed by atoms with Crippen molar-refractivity contribution >= 4 is 29.5 Å². The van der Waals surface area contributed by atoms with Gasteiger partial charge in [0.1, 0.15) is 189 Å². The molecule has 0 spiro atoms. The average molecular weight is 1520 g/mol. The summed E-state index contributed by atoms with van der Waals surface area (Å²) in [7, 11) is 0. The lowest BCUT2D eigenvalue weighted by Gasteiger charge is -2.52. The summed E-state index contributed by atoms with van der Waals surface area (Å²) >= 11 is 0. The van der Waals surface area contributed by atoms with Gasteiger partial charge in [0.2, 0.25) is 29.5 Å². The van der Waals surface area contributed by atoms with Crippen LogP contribution in [0.1, 0.15) is 34.6 Å². The van der Waals surface area contributed by atoms with E-state index in [1.54, 1.807) is 0 Å². The summed E-state index contributed by atoms with van der Waals surface area (Å²) in [5.74, 6) is -4.34. The van der Waals surface area contributed by atoms with Crippen LogP contribution in [0.25, 0.3) is 0 Å². The number of carbonyl (C=O) groups is 5. The van der Waals surface area contributed by atoms with Gasteiger partial charge in [-0.25, -0.2) is 0 Å². The molecule has 602 valence electrons. The Kier molecular flexibility index (Phi) is 32.7. The Bertz CT molecular complexity index is 2710. The quantitative estimate of drug-likeness (QED) is 0.0306. The number of aliphatic hydroxyl groups excluding tert-OH is 22. The molecule has 46 heteroatoms. The van der Waals surface area contributed by atoms with Crippen LogP contribution >= 0.6 is 0 Å². The lowest BCUT2D eigenvalue weighted by atomic mass is 9.93. The minimum absolute atomic E-state index is 0.803. The minimum atomic E-state index is -2.61. The summed E-state index contributed by atoms with van der Waals surface area (Å²) in [5, 5.41) is 256. The molecule has 39 atom stereocenters. The van der Waals surface area contributed by atoms with Crippen molar-refractivity contribution in [2.24, 2.45) is 0 Å². The lowest BCUT2D eigenvalue weighted by Crippen LogP contribution is -2.71. The fourth-order valence-electron chi connectivity index (χ4n) is 13.0. The first-order valence-electron chi connectivity index (χ1n) is 33.0. The van der Waals surface area contributed by atoms with E-state index < -0.39 is 328 Å². The van der Waals surface area contributed by atoms with Gasteiger partial charge in [0.15, 0.2) is 44.0 Å². The maximum absolute atomic E-state index is 13.0. The van der Waals surface area contributed by atoms with Gasteiger partial charge in [-0.1, -0.05) is 0 Å². The number of amides is 5. The molecule has 7 aliphatic rings. The number of hydrogen-bond donors (Lipinski definition) is 27. The molecule has 7 unspecified atom stereocenters. The number of aliphatic hydroxyl groups is 22.